The Balaban J connectivity index is 1.20. The van der Waals surface area contributed by atoms with Gasteiger partial charge in [-0.3, -0.25) is 4.79 Å². The van der Waals surface area contributed by atoms with Gasteiger partial charge in [0.25, 0.3) is 0 Å². The molecule has 206 valence electrons. The molecule has 38 heavy (non-hydrogen) atoms. The Morgan fingerprint density at radius 3 is 2.53 bits per heavy atom. The van der Waals surface area contributed by atoms with E-state index in [2.05, 4.69) is 14.9 Å². The molecule has 1 N–H and O–H groups in total. The highest BCUT2D eigenvalue weighted by Crippen LogP contribution is 2.44. The number of hydrogen-bond acceptors (Lipinski definition) is 7. The maximum absolute atomic E-state index is 13.8. The van der Waals surface area contributed by atoms with E-state index in [0.717, 1.165) is 42.7 Å². The molecule has 8 nitrogen and oxygen atoms in total. The van der Waals surface area contributed by atoms with Gasteiger partial charge in [0.2, 0.25) is 17.7 Å². The van der Waals surface area contributed by atoms with Crippen LogP contribution in [0.4, 0.5) is 14.5 Å². The third-order valence-electron chi connectivity index (χ3n) is 8.13. The van der Waals surface area contributed by atoms with Crippen molar-refractivity contribution < 1.29 is 32.9 Å². The number of pyridine rings is 2. The Labute approximate surface area is 221 Å². The highest BCUT2D eigenvalue weighted by Gasteiger charge is 2.37. The number of methoxy groups -OCH3 is 1. The molecule has 2 aliphatic heterocycles. The van der Waals surface area contributed by atoms with Crippen LogP contribution in [0.3, 0.4) is 0 Å². The SMILES string of the molecule is COc1cc(N2CCC(COc3cc4c(cn3)OCCC4CC(=O)O)CC2)c(C2CCC(F)(F)CC2)cn1. The molecule has 0 spiro atoms. The van der Waals surface area contributed by atoms with E-state index in [1.807, 2.05) is 12.1 Å². The largest absolute Gasteiger partial charge is 0.492 e. The van der Waals surface area contributed by atoms with Gasteiger partial charge in [-0.15, -0.1) is 0 Å². The lowest BCUT2D eigenvalue weighted by atomic mass is 9.82. The van der Waals surface area contributed by atoms with Crippen LogP contribution in [0.25, 0.3) is 0 Å². The Hall–Kier alpha value is -3.17. The number of carboxylic acid groups (broad SMARTS) is 1. The summed E-state index contributed by atoms with van der Waals surface area (Å²) in [4.78, 5) is 22.3. The van der Waals surface area contributed by atoms with Crippen molar-refractivity contribution in [2.45, 2.75) is 69.1 Å². The average molecular weight is 532 g/mol. The van der Waals surface area contributed by atoms with Gasteiger partial charge < -0.3 is 24.2 Å². The van der Waals surface area contributed by atoms with E-state index in [-0.39, 0.29) is 31.1 Å². The molecular formula is C28H35F2N3O5. The molecule has 0 amide bonds. The molecule has 5 rings (SSSR count). The number of aliphatic carboxylic acids is 1. The van der Waals surface area contributed by atoms with Crippen molar-refractivity contribution in [3.05, 3.63) is 35.7 Å². The second kappa shape index (κ2) is 11.3. The van der Waals surface area contributed by atoms with Crippen LogP contribution >= 0.6 is 0 Å². The maximum atomic E-state index is 13.8. The molecule has 0 radical (unpaired) electrons. The lowest BCUT2D eigenvalue weighted by Crippen LogP contribution is -2.36. The van der Waals surface area contributed by atoms with E-state index < -0.39 is 11.9 Å². The zero-order valence-corrected chi connectivity index (χ0v) is 21.7. The third-order valence-corrected chi connectivity index (χ3v) is 8.13. The molecule has 2 aromatic heterocycles. The van der Waals surface area contributed by atoms with Crippen molar-refractivity contribution in [3.63, 3.8) is 0 Å². The van der Waals surface area contributed by atoms with Gasteiger partial charge in [0, 0.05) is 61.4 Å². The fourth-order valence-corrected chi connectivity index (χ4v) is 5.88. The molecule has 10 heteroatoms. The van der Waals surface area contributed by atoms with Crippen molar-refractivity contribution in [1.29, 1.82) is 0 Å². The zero-order valence-electron chi connectivity index (χ0n) is 21.7. The summed E-state index contributed by atoms with van der Waals surface area (Å²) in [5.41, 5.74) is 2.91. The number of halogens is 2. The monoisotopic (exact) mass is 531 g/mol. The van der Waals surface area contributed by atoms with E-state index >= 15 is 0 Å². The second-order valence-corrected chi connectivity index (χ2v) is 10.6. The highest BCUT2D eigenvalue weighted by molar-refractivity contribution is 5.68. The van der Waals surface area contributed by atoms with Gasteiger partial charge in [0.05, 0.1) is 32.9 Å². The molecule has 1 saturated carbocycles. The van der Waals surface area contributed by atoms with Gasteiger partial charge in [-0.2, -0.15) is 0 Å². The molecule has 1 saturated heterocycles. The van der Waals surface area contributed by atoms with E-state index in [1.165, 1.54) is 0 Å². The number of carboxylic acids is 1. The minimum atomic E-state index is -2.56. The Kier molecular flexibility index (Phi) is 7.85. The van der Waals surface area contributed by atoms with E-state index in [4.69, 9.17) is 14.2 Å². The summed E-state index contributed by atoms with van der Waals surface area (Å²) < 4.78 is 44.6. The average Bonchev–Trinajstić information content (AvgIpc) is 2.92. The van der Waals surface area contributed by atoms with Gasteiger partial charge in [-0.1, -0.05) is 0 Å². The first kappa shape index (κ1) is 26.4. The lowest BCUT2D eigenvalue weighted by molar-refractivity contribution is -0.137. The van der Waals surface area contributed by atoms with Crippen molar-refractivity contribution in [2.75, 3.05) is 38.3 Å². The molecule has 2 fully saturated rings. The fraction of sp³-hybridized carbons (Fsp3) is 0.607. The first-order valence-corrected chi connectivity index (χ1v) is 13.5. The molecular weight excluding hydrogens is 496 g/mol. The Morgan fingerprint density at radius 2 is 1.82 bits per heavy atom. The van der Waals surface area contributed by atoms with Gasteiger partial charge in [-0.05, 0) is 49.5 Å². The molecule has 0 bridgehead atoms. The number of rotatable bonds is 8. The summed E-state index contributed by atoms with van der Waals surface area (Å²) in [5.74, 6) is -1.43. The van der Waals surface area contributed by atoms with Crippen molar-refractivity contribution in [3.8, 4) is 17.5 Å². The van der Waals surface area contributed by atoms with Crippen LogP contribution < -0.4 is 19.1 Å². The van der Waals surface area contributed by atoms with Crippen LogP contribution in [0.1, 0.15) is 74.3 Å². The molecule has 4 heterocycles. The summed E-state index contributed by atoms with van der Waals surface area (Å²) in [6, 6.07) is 3.76. The van der Waals surface area contributed by atoms with Gasteiger partial charge in [0.1, 0.15) is 5.75 Å². The number of hydrogen-bond donors (Lipinski definition) is 1. The molecule has 1 atom stereocenters. The zero-order chi connectivity index (χ0) is 26.7. The van der Waals surface area contributed by atoms with Crippen LogP contribution in [0.15, 0.2) is 24.5 Å². The number of nitrogens with zero attached hydrogens (tertiary/aromatic N) is 3. The Morgan fingerprint density at radius 1 is 1.08 bits per heavy atom. The summed E-state index contributed by atoms with van der Waals surface area (Å²) >= 11 is 0. The third kappa shape index (κ3) is 6.10. The molecule has 3 aliphatic rings. The van der Waals surface area contributed by atoms with E-state index in [0.29, 0.717) is 55.9 Å². The highest BCUT2D eigenvalue weighted by atomic mass is 19.3. The van der Waals surface area contributed by atoms with Gasteiger partial charge >= 0.3 is 5.97 Å². The van der Waals surface area contributed by atoms with Crippen molar-refractivity contribution in [1.82, 2.24) is 9.97 Å². The summed E-state index contributed by atoms with van der Waals surface area (Å²) in [5, 5.41) is 9.25. The quantitative estimate of drug-likeness (QED) is 0.483. The predicted molar refractivity (Wildman–Crippen MR) is 137 cm³/mol. The summed E-state index contributed by atoms with van der Waals surface area (Å²) in [6.07, 6.45) is 6.75. The number of alkyl halides is 2. The topological polar surface area (TPSA) is 94.0 Å². The number of anilines is 1. The molecule has 1 aliphatic carbocycles. The Bertz CT molecular complexity index is 1130. The normalized spacial score (nSPS) is 21.9. The maximum Gasteiger partial charge on any atom is 0.303 e. The standard InChI is InChI=1S/C28H35F2N3O5/c1-36-25-14-23(22(15-31-25)19-2-7-28(29,30)8-3-19)33-9-4-18(5-10-33)17-38-26-13-21-20(12-27(34)35)6-11-37-24(21)16-32-26/h13-16,18-20H,2-12,17H2,1H3,(H,34,35). The minimum absolute atomic E-state index is 0.0589. The van der Waals surface area contributed by atoms with E-state index in [1.54, 1.807) is 19.5 Å². The van der Waals surface area contributed by atoms with Gasteiger partial charge in [-0.25, -0.2) is 18.7 Å². The van der Waals surface area contributed by atoms with Gasteiger partial charge in [0.15, 0.2) is 0 Å². The van der Waals surface area contributed by atoms with E-state index in [9.17, 15) is 18.7 Å². The summed E-state index contributed by atoms with van der Waals surface area (Å²) in [6.45, 7) is 2.66. The number of carbonyl (C=O) groups is 1. The second-order valence-electron chi connectivity index (χ2n) is 10.6. The van der Waals surface area contributed by atoms with Crippen LogP contribution in [-0.2, 0) is 4.79 Å². The number of aromatic nitrogens is 2. The number of ether oxygens (including phenoxy) is 3. The minimum Gasteiger partial charge on any atom is -0.492 e. The van der Waals surface area contributed by atoms with Crippen molar-refractivity contribution in [2.24, 2.45) is 5.92 Å². The molecule has 0 aromatic carbocycles. The van der Waals surface area contributed by atoms with Crippen LogP contribution in [0, 0.1) is 5.92 Å². The van der Waals surface area contributed by atoms with Crippen LogP contribution in [-0.4, -0.2) is 60.4 Å². The van der Waals surface area contributed by atoms with Crippen LogP contribution in [0.2, 0.25) is 0 Å². The lowest BCUT2D eigenvalue weighted by Gasteiger charge is -2.37. The predicted octanol–water partition coefficient (Wildman–Crippen LogP) is 5.41. The summed E-state index contributed by atoms with van der Waals surface area (Å²) in [7, 11) is 1.58. The molecule has 2 aromatic rings. The fourth-order valence-electron chi connectivity index (χ4n) is 5.88. The first-order chi connectivity index (χ1) is 18.3. The molecule has 1 unspecified atom stereocenters. The first-order valence-electron chi connectivity index (χ1n) is 13.5. The van der Waals surface area contributed by atoms with Crippen molar-refractivity contribution >= 4 is 11.7 Å². The smallest absolute Gasteiger partial charge is 0.303 e. The number of fused-ring (bicyclic) bond motifs is 1. The number of piperidine rings is 1. The van der Waals surface area contributed by atoms with Crippen LogP contribution in [0.5, 0.6) is 17.5 Å².